The Balaban J connectivity index is 1.39. The Kier molecular flexibility index (Phi) is 6.85. The van der Waals surface area contributed by atoms with Gasteiger partial charge in [0.1, 0.15) is 5.82 Å². The van der Waals surface area contributed by atoms with Crippen molar-refractivity contribution in [3.05, 3.63) is 59.8 Å². The summed E-state index contributed by atoms with van der Waals surface area (Å²) in [5.74, 6) is 1.09. The van der Waals surface area contributed by atoms with Crippen LogP contribution in [0.4, 0.5) is 5.82 Å². The van der Waals surface area contributed by atoms with Gasteiger partial charge in [-0.25, -0.2) is 4.98 Å². The average molecular weight is 421 g/mol. The summed E-state index contributed by atoms with van der Waals surface area (Å²) in [7, 11) is 0. The Morgan fingerprint density at radius 2 is 1.68 bits per heavy atom. The van der Waals surface area contributed by atoms with Crippen LogP contribution in [0.5, 0.6) is 0 Å². The maximum absolute atomic E-state index is 13.3. The van der Waals surface area contributed by atoms with Crippen LogP contribution in [0.25, 0.3) is 0 Å². The molecule has 2 fully saturated rings. The lowest BCUT2D eigenvalue weighted by molar-refractivity contribution is 0.0519. The molecule has 0 N–H and O–H groups in total. The molecule has 6 heteroatoms. The Hall–Kier alpha value is -2.89. The molecule has 2 aliphatic rings. The van der Waals surface area contributed by atoms with E-state index in [1.165, 1.54) is 12.8 Å². The fourth-order valence-electron chi connectivity index (χ4n) is 4.65. The zero-order valence-corrected chi connectivity index (χ0v) is 18.4. The lowest BCUT2D eigenvalue weighted by atomic mass is 10.0. The molecule has 0 radical (unpaired) electrons. The molecule has 0 bridgehead atoms. The maximum Gasteiger partial charge on any atom is 0.255 e. The number of carbonyl (C=O) groups is 2. The summed E-state index contributed by atoms with van der Waals surface area (Å²) in [5.41, 5.74) is 1.38. The lowest BCUT2D eigenvalue weighted by Crippen LogP contribution is -2.49. The number of pyridine rings is 1. The Bertz CT molecular complexity index is 870. The van der Waals surface area contributed by atoms with Gasteiger partial charge in [0.05, 0.1) is 5.56 Å². The molecule has 6 nitrogen and oxygen atoms in total. The first-order valence-corrected chi connectivity index (χ1v) is 11.5. The number of anilines is 1. The minimum Gasteiger partial charge on any atom is -0.357 e. The largest absolute Gasteiger partial charge is 0.357 e. The first kappa shape index (κ1) is 21.3. The second-order valence-electron chi connectivity index (χ2n) is 8.49. The quantitative estimate of drug-likeness (QED) is 0.713. The van der Waals surface area contributed by atoms with Crippen molar-refractivity contribution in [1.29, 1.82) is 0 Å². The average Bonchev–Trinajstić information content (AvgIpc) is 3.38. The van der Waals surface area contributed by atoms with Crippen LogP contribution in [0.2, 0.25) is 0 Å². The van der Waals surface area contributed by atoms with E-state index in [0.717, 1.165) is 50.3 Å². The SMILES string of the molecule is CCCN(C(=O)c1ccc(N2CCCC2)nc1)C1CCN(C(=O)c2ccccc2)CC1. The van der Waals surface area contributed by atoms with E-state index in [1.54, 1.807) is 6.20 Å². The van der Waals surface area contributed by atoms with E-state index < -0.39 is 0 Å². The predicted molar refractivity (Wildman–Crippen MR) is 122 cm³/mol. The highest BCUT2D eigenvalue weighted by atomic mass is 16.2. The van der Waals surface area contributed by atoms with E-state index >= 15 is 0 Å². The van der Waals surface area contributed by atoms with Gasteiger partial charge in [0, 0.05) is 50.5 Å². The molecule has 0 spiro atoms. The third-order valence-electron chi connectivity index (χ3n) is 6.36. The molecule has 2 amide bonds. The fourth-order valence-corrected chi connectivity index (χ4v) is 4.65. The monoisotopic (exact) mass is 420 g/mol. The summed E-state index contributed by atoms with van der Waals surface area (Å²) in [6, 6.07) is 13.5. The number of hydrogen-bond acceptors (Lipinski definition) is 4. The molecule has 0 aliphatic carbocycles. The molecule has 1 aromatic heterocycles. The standard InChI is InChI=1S/C25H32N4O2/c1-2-14-29(25(31)21-10-11-23(26-19-21)27-15-6-7-16-27)22-12-17-28(18-13-22)24(30)20-8-4-3-5-9-20/h3-5,8-11,19,22H,2,6-7,12-18H2,1H3. The van der Waals surface area contributed by atoms with Crippen LogP contribution in [0.15, 0.2) is 48.7 Å². The van der Waals surface area contributed by atoms with E-state index in [1.807, 2.05) is 52.3 Å². The second-order valence-corrected chi connectivity index (χ2v) is 8.49. The van der Waals surface area contributed by atoms with Crippen molar-refractivity contribution in [1.82, 2.24) is 14.8 Å². The molecule has 0 atom stereocenters. The normalized spacial score (nSPS) is 17.1. The third kappa shape index (κ3) is 4.89. The number of nitrogens with zero attached hydrogens (tertiary/aromatic N) is 4. The smallest absolute Gasteiger partial charge is 0.255 e. The highest BCUT2D eigenvalue weighted by molar-refractivity contribution is 5.95. The van der Waals surface area contributed by atoms with Gasteiger partial charge in [0.2, 0.25) is 0 Å². The first-order valence-electron chi connectivity index (χ1n) is 11.5. The maximum atomic E-state index is 13.3. The molecule has 164 valence electrons. The highest BCUT2D eigenvalue weighted by Crippen LogP contribution is 2.22. The number of rotatable bonds is 6. The molecular formula is C25H32N4O2. The molecule has 31 heavy (non-hydrogen) atoms. The number of piperidine rings is 1. The van der Waals surface area contributed by atoms with Crippen molar-refractivity contribution in [2.45, 2.75) is 45.1 Å². The summed E-state index contributed by atoms with van der Waals surface area (Å²) < 4.78 is 0. The Morgan fingerprint density at radius 1 is 0.968 bits per heavy atom. The summed E-state index contributed by atoms with van der Waals surface area (Å²) in [4.78, 5) is 36.8. The summed E-state index contributed by atoms with van der Waals surface area (Å²) in [5, 5.41) is 0. The van der Waals surface area contributed by atoms with Crippen LogP contribution < -0.4 is 4.90 Å². The fraction of sp³-hybridized carbons (Fsp3) is 0.480. The topological polar surface area (TPSA) is 56.8 Å². The number of aromatic nitrogens is 1. The molecule has 2 saturated heterocycles. The van der Waals surface area contributed by atoms with Crippen LogP contribution in [0.3, 0.4) is 0 Å². The first-order chi connectivity index (χ1) is 15.2. The van der Waals surface area contributed by atoms with Crippen LogP contribution in [0.1, 0.15) is 59.7 Å². The van der Waals surface area contributed by atoms with Gasteiger partial charge in [-0.1, -0.05) is 25.1 Å². The van der Waals surface area contributed by atoms with E-state index in [9.17, 15) is 9.59 Å². The third-order valence-corrected chi connectivity index (χ3v) is 6.36. The van der Waals surface area contributed by atoms with Crippen molar-refractivity contribution >= 4 is 17.6 Å². The van der Waals surface area contributed by atoms with E-state index in [4.69, 9.17) is 0 Å². The minimum absolute atomic E-state index is 0.0511. The number of carbonyl (C=O) groups excluding carboxylic acids is 2. The predicted octanol–water partition coefficient (Wildman–Crippen LogP) is 3.84. The van der Waals surface area contributed by atoms with Crippen LogP contribution in [-0.4, -0.2) is 65.4 Å². The number of amides is 2. The van der Waals surface area contributed by atoms with Crippen LogP contribution in [0, 0.1) is 0 Å². The van der Waals surface area contributed by atoms with Crippen molar-refractivity contribution in [2.24, 2.45) is 0 Å². The van der Waals surface area contributed by atoms with Gasteiger partial charge in [-0.2, -0.15) is 0 Å². The Labute approximate surface area is 184 Å². The summed E-state index contributed by atoms with van der Waals surface area (Å²) >= 11 is 0. The van der Waals surface area contributed by atoms with Gasteiger partial charge in [-0.05, 0) is 56.4 Å². The zero-order chi connectivity index (χ0) is 21.6. The van der Waals surface area contributed by atoms with Gasteiger partial charge < -0.3 is 14.7 Å². The van der Waals surface area contributed by atoms with Crippen molar-refractivity contribution in [3.8, 4) is 0 Å². The number of likely N-dealkylation sites (tertiary alicyclic amines) is 1. The number of benzene rings is 1. The zero-order valence-electron chi connectivity index (χ0n) is 18.4. The molecule has 0 saturated carbocycles. The molecular weight excluding hydrogens is 388 g/mol. The second kappa shape index (κ2) is 9.94. The molecule has 0 unspecified atom stereocenters. The van der Waals surface area contributed by atoms with Crippen molar-refractivity contribution in [2.75, 3.05) is 37.6 Å². The molecule has 2 aliphatic heterocycles. The van der Waals surface area contributed by atoms with E-state index in [2.05, 4.69) is 16.8 Å². The van der Waals surface area contributed by atoms with Gasteiger partial charge in [0.25, 0.3) is 11.8 Å². The molecule has 4 rings (SSSR count). The van der Waals surface area contributed by atoms with Crippen LogP contribution in [-0.2, 0) is 0 Å². The van der Waals surface area contributed by atoms with Gasteiger partial charge in [-0.3, -0.25) is 9.59 Å². The van der Waals surface area contributed by atoms with Gasteiger partial charge in [0.15, 0.2) is 0 Å². The van der Waals surface area contributed by atoms with Crippen molar-refractivity contribution in [3.63, 3.8) is 0 Å². The molecule has 1 aromatic carbocycles. The van der Waals surface area contributed by atoms with E-state index in [-0.39, 0.29) is 17.9 Å². The Morgan fingerprint density at radius 3 is 2.29 bits per heavy atom. The van der Waals surface area contributed by atoms with Gasteiger partial charge >= 0.3 is 0 Å². The summed E-state index contributed by atoms with van der Waals surface area (Å²) in [6.45, 7) is 6.27. The molecule has 3 heterocycles. The van der Waals surface area contributed by atoms with Crippen molar-refractivity contribution < 1.29 is 9.59 Å². The molecule has 2 aromatic rings. The number of hydrogen-bond donors (Lipinski definition) is 0. The van der Waals surface area contributed by atoms with Crippen LogP contribution >= 0.6 is 0 Å². The van der Waals surface area contributed by atoms with E-state index in [0.29, 0.717) is 18.7 Å². The van der Waals surface area contributed by atoms with Gasteiger partial charge in [-0.15, -0.1) is 0 Å². The highest BCUT2D eigenvalue weighted by Gasteiger charge is 2.30. The summed E-state index contributed by atoms with van der Waals surface area (Å²) in [6.07, 6.45) is 6.67. The lowest BCUT2D eigenvalue weighted by Gasteiger charge is -2.38. The minimum atomic E-state index is 0.0511.